The van der Waals surface area contributed by atoms with E-state index in [1.807, 2.05) is 0 Å². The second-order valence-corrected chi connectivity index (χ2v) is 12.9. The number of hydrogen-bond acceptors (Lipinski definition) is 4. The monoisotopic (exact) mass is 626 g/mol. The predicted molar refractivity (Wildman–Crippen MR) is 182 cm³/mol. The summed E-state index contributed by atoms with van der Waals surface area (Å²) < 4.78 is 14.7. The summed E-state index contributed by atoms with van der Waals surface area (Å²) in [6, 6.07) is 0. The van der Waals surface area contributed by atoms with Crippen molar-refractivity contribution >= 4 is 7.82 Å². The fraction of sp³-hybridized carbons (Fsp3) is 1.00. The van der Waals surface area contributed by atoms with E-state index in [-0.39, 0.29) is 6.61 Å². The van der Waals surface area contributed by atoms with Crippen LogP contribution in [0.4, 0.5) is 0 Å². The first kappa shape index (κ1) is 46.4. The van der Waals surface area contributed by atoms with Crippen LogP contribution in [0.1, 0.15) is 194 Å². The molecule has 0 saturated heterocycles. The molecular formula is C34H76NO6P. The van der Waals surface area contributed by atoms with Gasteiger partial charge in [0.25, 0.3) is 0 Å². The number of rotatable bonds is 31. The molecule has 0 atom stereocenters. The van der Waals surface area contributed by atoms with E-state index in [4.69, 9.17) is 34.8 Å². The van der Waals surface area contributed by atoms with Crippen molar-refractivity contribution in [3.8, 4) is 0 Å². The molecule has 0 aliphatic heterocycles. The summed E-state index contributed by atoms with van der Waals surface area (Å²) in [4.78, 5) is 21.6. The summed E-state index contributed by atoms with van der Waals surface area (Å²) in [6.07, 6.45) is 40.1. The fourth-order valence-corrected chi connectivity index (χ4v) is 4.90. The largest absolute Gasteiger partial charge is 0.466 e. The molecule has 0 fully saturated rings. The quantitative estimate of drug-likeness (QED) is 0.0382. The van der Waals surface area contributed by atoms with E-state index < -0.39 is 7.82 Å². The summed E-state index contributed by atoms with van der Waals surface area (Å²) in [5, 5.41) is 7.75. The summed E-state index contributed by atoms with van der Waals surface area (Å²) in [5.74, 6) is 0. The first-order valence-electron chi connectivity index (χ1n) is 18.0. The highest BCUT2D eigenvalue weighted by Crippen LogP contribution is 2.25. The van der Waals surface area contributed by atoms with Crippen LogP contribution in [0.15, 0.2) is 0 Å². The Morgan fingerprint density at radius 3 is 0.786 bits per heavy atom. The third-order valence-electron chi connectivity index (χ3n) is 7.41. The first-order valence-corrected chi connectivity index (χ1v) is 19.6. The Labute approximate surface area is 262 Å². The van der Waals surface area contributed by atoms with E-state index in [9.17, 15) is 0 Å². The van der Waals surface area contributed by atoms with Gasteiger partial charge in [-0.1, -0.05) is 181 Å². The molecule has 0 aliphatic rings. The Bertz CT molecular complexity index is 452. The number of ether oxygens (including phenoxy) is 1. The van der Waals surface area contributed by atoms with Crippen molar-refractivity contribution in [1.29, 1.82) is 0 Å². The van der Waals surface area contributed by atoms with E-state index >= 15 is 0 Å². The molecule has 42 heavy (non-hydrogen) atoms. The van der Waals surface area contributed by atoms with Gasteiger partial charge < -0.3 is 30.3 Å². The lowest BCUT2D eigenvalue weighted by atomic mass is 10.0. The molecule has 0 aromatic heterocycles. The van der Waals surface area contributed by atoms with Crippen molar-refractivity contribution in [2.45, 2.75) is 194 Å². The number of unbranched alkanes of at least 4 members (excludes halogenated alkanes) is 26. The van der Waals surface area contributed by atoms with E-state index in [0.29, 0.717) is 6.54 Å². The minimum Gasteiger partial charge on any atom is -0.395 e. The van der Waals surface area contributed by atoms with Gasteiger partial charge in [0.2, 0.25) is 0 Å². The van der Waals surface area contributed by atoms with Crippen LogP contribution >= 0.6 is 7.82 Å². The molecule has 0 heterocycles. The van der Waals surface area contributed by atoms with Crippen LogP contribution in [0.25, 0.3) is 0 Å². The summed E-state index contributed by atoms with van der Waals surface area (Å²) in [7, 11) is -4.64. The van der Waals surface area contributed by atoms with Crippen LogP contribution in [0.2, 0.25) is 0 Å². The van der Waals surface area contributed by atoms with E-state index in [0.717, 1.165) is 13.2 Å². The SMILES string of the molecule is CCCCCCCCCCCCCCCCOCCCCCCCCCCCCCCCC.NCCO.O=P(O)(O)O. The number of hydrogen-bond donors (Lipinski definition) is 5. The maximum absolute atomic E-state index is 8.88. The van der Waals surface area contributed by atoms with E-state index in [2.05, 4.69) is 13.8 Å². The molecule has 0 rings (SSSR count). The molecule has 0 unspecified atom stereocenters. The van der Waals surface area contributed by atoms with Crippen molar-refractivity contribution in [3.05, 3.63) is 0 Å². The highest BCUT2D eigenvalue weighted by atomic mass is 31.2. The summed E-state index contributed by atoms with van der Waals surface area (Å²) in [6.45, 7) is 7.07. The van der Waals surface area contributed by atoms with Crippen molar-refractivity contribution in [1.82, 2.24) is 0 Å². The van der Waals surface area contributed by atoms with Crippen molar-refractivity contribution in [2.24, 2.45) is 5.73 Å². The Balaban J connectivity index is -0.00000146. The molecule has 0 spiro atoms. The molecule has 0 aromatic rings. The predicted octanol–water partition coefficient (Wildman–Crippen LogP) is 9.97. The lowest BCUT2D eigenvalue weighted by Gasteiger charge is -2.05. The first-order chi connectivity index (χ1) is 20.3. The second-order valence-electron chi connectivity index (χ2n) is 11.8. The minimum atomic E-state index is -4.64. The Kier molecular flexibility index (Phi) is 47.6. The maximum atomic E-state index is 8.88. The van der Waals surface area contributed by atoms with E-state index in [1.54, 1.807) is 0 Å². The molecule has 8 heteroatoms. The standard InChI is InChI=1S/C32H66O.C2H7NO.H3O4P/c1-3-5-7-9-11-13-15-17-19-21-23-25-27-29-31-33-32-30-28-26-24-22-20-18-16-14-12-10-8-6-4-2;3-1-2-4;1-5(2,3)4/h3-32H2,1-2H3;4H,1-3H2;(H3,1,2,3,4). The highest BCUT2D eigenvalue weighted by molar-refractivity contribution is 7.45. The van der Waals surface area contributed by atoms with Crippen LogP contribution in [-0.2, 0) is 9.30 Å². The van der Waals surface area contributed by atoms with Gasteiger partial charge in [0.05, 0.1) is 6.61 Å². The normalized spacial score (nSPS) is 11.1. The highest BCUT2D eigenvalue weighted by Gasteiger charge is 2.00. The Morgan fingerprint density at radius 2 is 0.619 bits per heavy atom. The smallest absolute Gasteiger partial charge is 0.395 e. The zero-order chi connectivity index (χ0) is 31.8. The molecule has 258 valence electrons. The van der Waals surface area contributed by atoms with Crippen molar-refractivity contribution < 1.29 is 29.1 Å². The Hall–Kier alpha value is -0.0100. The minimum absolute atomic E-state index is 0.0972. The molecule has 0 radical (unpaired) electrons. The van der Waals surface area contributed by atoms with Crippen LogP contribution in [-0.4, -0.2) is 46.2 Å². The van der Waals surface area contributed by atoms with Crippen LogP contribution in [0.3, 0.4) is 0 Å². The lowest BCUT2D eigenvalue weighted by Crippen LogP contribution is -2.02. The molecule has 7 nitrogen and oxygen atoms in total. The third-order valence-corrected chi connectivity index (χ3v) is 7.41. The Morgan fingerprint density at radius 1 is 0.452 bits per heavy atom. The zero-order valence-electron chi connectivity index (χ0n) is 28.3. The van der Waals surface area contributed by atoms with Gasteiger partial charge in [-0.25, -0.2) is 4.57 Å². The van der Waals surface area contributed by atoms with Gasteiger partial charge in [-0.2, -0.15) is 0 Å². The van der Waals surface area contributed by atoms with Gasteiger partial charge in [-0.15, -0.1) is 0 Å². The molecule has 6 N–H and O–H groups in total. The molecule has 0 saturated carbocycles. The summed E-state index contributed by atoms with van der Waals surface area (Å²) in [5.41, 5.74) is 4.78. The topological polar surface area (TPSA) is 133 Å². The molecule has 0 bridgehead atoms. The maximum Gasteiger partial charge on any atom is 0.466 e. The molecular weight excluding hydrogens is 549 g/mol. The van der Waals surface area contributed by atoms with Crippen LogP contribution in [0.5, 0.6) is 0 Å². The van der Waals surface area contributed by atoms with Crippen LogP contribution in [0, 0.1) is 0 Å². The van der Waals surface area contributed by atoms with Gasteiger partial charge in [0.15, 0.2) is 0 Å². The van der Waals surface area contributed by atoms with Gasteiger partial charge >= 0.3 is 7.82 Å². The van der Waals surface area contributed by atoms with E-state index in [1.165, 1.54) is 180 Å². The number of aliphatic hydroxyl groups excluding tert-OH is 1. The fourth-order valence-electron chi connectivity index (χ4n) is 4.90. The van der Waals surface area contributed by atoms with Gasteiger partial charge in [0, 0.05) is 19.8 Å². The molecule has 0 aliphatic carbocycles. The average molecular weight is 626 g/mol. The molecule has 0 aromatic carbocycles. The zero-order valence-corrected chi connectivity index (χ0v) is 29.2. The lowest BCUT2D eigenvalue weighted by molar-refractivity contribution is 0.125. The number of nitrogens with two attached hydrogens (primary N) is 1. The number of aliphatic hydroxyl groups is 1. The molecule has 0 amide bonds. The van der Waals surface area contributed by atoms with Crippen molar-refractivity contribution in [3.63, 3.8) is 0 Å². The van der Waals surface area contributed by atoms with Crippen LogP contribution < -0.4 is 5.73 Å². The van der Waals surface area contributed by atoms with Gasteiger partial charge in [-0.05, 0) is 12.8 Å². The third kappa shape index (κ3) is 63.3. The van der Waals surface area contributed by atoms with Gasteiger partial charge in [0.1, 0.15) is 0 Å². The van der Waals surface area contributed by atoms with Crippen molar-refractivity contribution in [2.75, 3.05) is 26.4 Å². The average Bonchev–Trinajstić information content (AvgIpc) is 2.95. The van der Waals surface area contributed by atoms with Gasteiger partial charge in [-0.3, -0.25) is 0 Å². The summed E-state index contributed by atoms with van der Waals surface area (Å²) >= 11 is 0. The number of phosphoric acid groups is 1. The second kappa shape index (κ2) is 43.1.